The molecule has 0 atom stereocenters. The highest BCUT2D eigenvalue weighted by Crippen LogP contribution is 2.21. The second kappa shape index (κ2) is 5.37. The fraction of sp³-hybridized carbons (Fsp3) is 0.750. The molecule has 18 heavy (non-hydrogen) atoms. The summed E-state index contributed by atoms with van der Waals surface area (Å²) in [5.74, 6) is -0.784. The number of hydrogen-bond donors (Lipinski definition) is 0. The van der Waals surface area contributed by atoms with E-state index < -0.39 is 11.4 Å². The third kappa shape index (κ3) is 2.80. The van der Waals surface area contributed by atoms with Crippen molar-refractivity contribution in [3.8, 4) is 0 Å². The van der Waals surface area contributed by atoms with Gasteiger partial charge < -0.3 is 14.5 Å². The van der Waals surface area contributed by atoms with Crippen LogP contribution in [-0.4, -0.2) is 60.9 Å². The van der Waals surface area contributed by atoms with Gasteiger partial charge in [0.1, 0.15) is 5.41 Å². The van der Waals surface area contributed by atoms with Crippen LogP contribution in [-0.2, 0) is 19.1 Å². The molecule has 0 radical (unpaired) electrons. The lowest BCUT2D eigenvalue weighted by atomic mass is 9.91. The fourth-order valence-corrected chi connectivity index (χ4v) is 1.96. The fourth-order valence-electron chi connectivity index (χ4n) is 1.96. The number of nitrogens with zero attached hydrogens (tertiary/aromatic N) is 2. The average Bonchev–Trinajstić information content (AvgIpc) is 2.36. The van der Waals surface area contributed by atoms with Gasteiger partial charge in [-0.2, -0.15) is 0 Å². The molecule has 0 unspecified atom stereocenters. The van der Waals surface area contributed by atoms with Crippen molar-refractivity contribution in [1.82, 2.24) is 9.80 Å². The third-order valence-corrected chi connectivity index (χ3v) is 3.24. The lowest BCUT2D eigenvalue weighted by Gasteiger charge is -2.37. The highest BCUT2D eigenvalue weighted by Gasteiger charge is 2.41. The molecule has 0 aliphatic carbocycles. The molecular weight excluding hydrogens is 236 g/mol. The SMILES string of the molecule is COC(=O)C(C)(C)C(=O)N1CCN(C(C)=O)CC1. The quantitative estimate of drug-likeness (QED) is 0.510. The van der Waals surface area contributed by atoms with Crippen LogP contribution in [0.15, 0.2) is 0 Å². The Labute approximate surface area is 107 Å². The predicted molar refractivity (Wildman–Crippen MR) is 64.6 cm³/mol. The molecule has 6 heteroatoms. The Kier molecular flexibility index (Phi) is 4.32. The molecule has 1 rings (SSSR count). The summed E-state index contributed by atoms with van der Waals surface area (Å²) in [6, 6.07) is 0. The van der Waals surface area contributed by atoms with E-state index in [9.17, 15) is 14.4 Å². The van der Waals surface area contributed by atoms with Crippen molar-refractivity contribution >= 4 is 17.8 Å². The molecule has 2 amide bonds. The smallest absolute Gasteiger partial charge is 0.320 e. The number of methoxy groups -OCH3 is 1. The molecule has 0 saturated carbocycles. The number of piperazine rings is 1. The summed E-state index contributed by atoms with van der Waals surface area (Å²) in [6.07, 6.45) is 0. The van der Waals surface area contributed by atoms with E-state index in [1.54, 1.807) is 23.6 Å². The first kappa shape index (κ1) is 14.5. The summed E-state index contributed by atoms with van der Waals surface area (Å²) < 4.78 is 4.64. The van der Waals surface area contributed by atoms with Crippen LogP contribution in [0.25, 0.3) is 0 Å². The molecule has 1 heterocycles. The molecule has 0 aromatic rings. The molecule has 1 saturated heterocycles. The van der Waals surface area contributed by atoms with Gasteiger partial charge in [-0.1, -0.05) is 0 Å². The normalized spacial score (nSPS) is 16.4. The van der Waals surface area contributed by atoms with Crippen molar-refractivity contribution in [2.24, 2.45) is 5.41 Å². The number of carbonyl (C=O) groups excluding carboxylic acids is 3. The summed E-state index contributed by atoms with van der Waals surface area (Å²) >= 11 is 0. The zero-order chi connectivity index (χ0) is 13.9. The van der Waals surface area contributed by atoms with Crippen LogP contribution in [0.3, 0.4) is 0 Å². The summed E-state index contributed by atoms with van der Waals surface area (Å²) in [5, 5.41) is 0. The Morgan fingerprint density at radius 3 is 1.83 bits per heavy atom. The molecular formula is C12H20N2O4. The minimum atomic E-state index is -1.17. The molecule has 0 N–H and O–H groups in total. The second-order valence-corrected chi connectivity index (χ2v) is 4.91. The maximum atomic E-state index is 12.2. The Morgan fingerprint density at radius 2 is 1.44 bits per heavy atom. The van der Waals surface area contributed by atoms with Crippen molar-refractivity contribution in [1.29, 1.82) is 0 Å². The van der Waals surface area contributed by atoms with Crippen LogP contribution in [0.5, 0.6) is 0 Å². The van der Waals surface area contributed by atoms with Crippen LogP contribution in [0.1, 0.15) is 20.8 Å². The number of rotatable bonds is 2. The Morgan fingerprint density at radius 1 is 1.00 bits per heavy atom. The van der Waals surface area contributed by atoms with Gasteiger partial charge in [-0.3, -0.25) is 14.4 Å². The van der Waals surface area contributed by atoms with Gasteiger partial charge in [0.15, 0.2) is 0 Å². The summed E-state index contributed by atoms with van der Waals surface area (Å²) in [7, 11) is 1.27. The molecule has 1 aliphatic rings. The van der Waals surface area contributed by atoms with E-state index in [1.165, 1.54) is 14.0 Å². The topological polar surface area (TPSA) is 66.9 Å². The maximum absolute atomic E-state index is 12.2. The zero-order valence-corrected chi connectivity index (χ0v) is 11.4. The summed E-state index contributed by atoms with van der Waals surface area (Å²) in [4.78, 5) is 38.2. The lowest BCUT2D eigenvalue weighted by Crippen LogP contribution is -2.54. The highest BCUT2D eigenvalue weighted by atomic mass is 16.5. The minimum absolute atomic E-state index is 0.00864. The highest BCUT2D eigenvalue weighted by molar-refractivity contribution is 6.01. The van der Waals surface area contributed by atoms with Crippen molar-refractivity contribution < 1.29 is 19.1 Å². The second-order valence-electron chi connectivity index (χ2n) is 4.91. The Bertz CT molecular complexity index is 357. The van der Waals surface area contributed by atoms with Crippen LogP contribution in [0.2, 0.25) is 0 Å². The van der Waals surface area contributed by atoms with Gasteiger partial charge in [-0.25, -0.2) is 0 Å². The van der Waals surface area contributed by atoms with Crippen LogP contribution >= 0.6 is 0 Å². The number of hydrogen-bond acceptors (Lipinski definition) is 4. The van der Waals surface area contributed by atoms with E-state index in [1.807, 2.05) is 0 Å². The summed E-state index contributed by atoms with van der Waals surface area (Å²) in [6.45, 7) is 6.56. The van der Waals surface area contributed by atoms with Crippen molar-refractivity contribution in [3.05, 3.63) is 0 Å². The van der Waals surface area contributed by atoms with E-state index in [0.29, 0.717) is 26.2 Å². The average molecular weight is 256 g/mol. The number of esters is 1. The van der Waals surface area contributed by atoms with E-state index in [4.69, 9.17) is 0 Å². The molecule has 0 aromatic heterocycles. The van der Waals surface area contributed by atoms with Gasteiger partial charge in [-0.05, 0) is 13.8 Å². The molecule has 0 aromatic carbocycles. The number of carbonyl (C=O) groups is 3. The zero-order valence-electron chi connectivity index (χ0n) is 11.4. The lowest BCUT2D eigenvalue weighted by molar-refractivity contribution is -0.162. The van der Waals surface area contributed by atoms with E-state index in [-0.39, 0.29) is 11.8 Å². The molecule has 0 bridgehead atoms. The van der Waals surface area contributed by atoms with Gasteiger partial charge in [0.2, 0.25) is 11.8 Å². The van der Waals surface area contributed by atoms with Crippen molar-refractivity contribution in [2.45, 2.75) is 20.8 Å². The van der Waals surface area contributed by atoms with Crippen LogP contribution < -0.4 is 0 Å². The maximum Gasteiger partial charge on any atom is 0.320 e. The Hall–Kier alpha value is -1.59. The van der Waals surface area contributed by atoms with E-state index in [2.05, 4.69) is 4.74 Å². The minimum Gasteiger partial charge on any atom is -0.468 e. The molecule has 6 nitrogen and oxygen atoms in total. The Balaban J connectivity index is 2.65. The molecule has 1 aliphatic heterocycles. The predicted octanol–water partition coefficient (Wildman–Crippen LogP) is -0.124. The van der Waals surface area contributed by atoms with Crippen molar-refractivity contribution in [3.63, 3.8) is 0 Å². The van der Waals surface area contributed by atoms with Gasteiger partial charge in [0.05, 0.1) is 7.11 Å². The van der Waals surface area contributed by atoms with E-state index in [0.717, 1.165) is 0 Å². The van der Waals surface area contributed by atoms with Crippen LogP contribution in [0.4, 0.5) is 0 Å². The van der Waals surface area contributed by atoms with E-state index >= 15 is 0 Å². The number of ether oxygens (including phenoxy) is 1. The first-order valence-corrected chi connectivity index (χ1v) is 5.94. The number of amides is 2. The molecule has 1 fully saturated rings. The van der Waals surface area contributed by atoms with Gasteiger partial charge in [0, 0.05) is 33.1 Å². The van der Waals surface area contributed by atoms with Gasteiger partial charge >= 0.3 is 5.97 Å². The van der Waals surface area contributed by atoms with Crippen LogP contribution in [0, 0.1) is 5.41 Å². The first-order chi connectivity index (χ1) is 8.30. The third-order valence-electron chi connectivity index (χ3n) is 3.24. The molecule has 102 valence electrons. The monoisotopic (exact) mass is 256 g/mol. The standard InChI is InChI=1S/C12H20N2O4/c1-9(15)13-5-7-14(8-6-13)10(16)12(2,3)11(17)18-4/h5-8H2,1-4H3. The summed E-state index contributed by atoms with van der Waals surface area (Å²) in [5.41, 5.74) is -1.17. The molecule has 0 spiro atoms. The first-order valence-electron chi connectivity index (χ1n) is 5.94. The largest absolute Gasteiger partial charge is 0.468 e. The van der Waals surface area contributed by atoms with Gasteiger partial charge in [-0.15, -0.1) is 0 Å². The van der Waals surface area contributed by atoms with Crippen molar-refractivity contribution in [2.75, 3.05) is 33.3 Å². The van der Waals surface area contributed by atoms with Gasteiger partial charge in [0.25, 0.3) is 0 Å².